The highest BCUT2D eigenvalue weighted by Crippen LogP contribution is 2.28. The molecule has 3 heteroatoms. The Morgan fingerprint density at radius 3 is 2.56 bits per heavy atom. The van der Waals surface area contributed by atoms with Crippen LogP contribution in [0, 0.1) is 5.92 Å². The summed E-state index contributed by atoms with van der Waals surface area (Å²) in [5, 5.41) is 8.29. The van der Waals surface area contributed by atoms with Crippen molar-refractivity contribution in [2.45, 2.75) is 25.3 Å². The maximum absolute atomic E-state index is 10.1. The second kappa shape index (κ2) is 2.35. The largest absolute Gasteiger partial charge is 0.481 e. The monoisotopic (exact) mass is 129 g/mol. The number of nitrogens with two attached hydrogens (primary N) is 1. The summed E-state index contributed by atoms with van der Waals surface area (Å²) in [5.74, 6) is -0.343. The molecular formula is C6H11NO2. The Balaban J connectivity index is 2.11. The van der Waals surface area contributed by atoms with E-state index in [-0.39, 0.29) is 6.04 Å². The molecule has 0 aromatic rings. The standard InChI is InChI=1S/C6H11NO2/c7-5-1-4(2-5)3-6(8)9/h4-5H,1-3,7H2,(H,8,9). The molecule has 0 spiro atoms. The van der Waals surface area contributed by atoms with Crippen LogP contribution in [-0.4, -0.2) is 17.1 Å². The third kappa shape index (κ3) is 1.68. The average molecular weight is 129 g/mol. The van der Waals surface area contributed by atoms with E-state index in [0.29, 0.717) is 12.3 Å². The lowest BCUT2D eigenvalue weighted by atomic mass is 9.79. The van der Waals surface area contributed by atoms with Gasteiger partial charge in [0.1, 0.15) is 0 Å². The highest BCUT2D eigenvalue weighted by Gasteiger charge is 2.27. The SMILES string of the molecule is NC1CC(CC(=O)O)C1. The summed E-state index contributed by atoms with van der Waals surface area (Å²) in [6.07, 6.45) is 2.09. The summed E-state index contributed by atoms with van der Waals surface area (Å²) in [6.45, 7) is 0. The summed E-state index contributed by atoms with van der Waals surface area (Å²) in [4.78, 5) is 10.1. The molecule has 0 atom stereocenters. The molecule has 0 radical (unpaired) electrons. The Morgan fingerprint density at radius 1 is 1.67 bits per heavy atom. The molecule has 0 heterocycles. The van der Waals surface area contributed by atoms with Crippen LogP contribution >= 0.6 is 0 Å². The molecule has 0 aromatic heterocycles. The van der Waals surface area contributed by atoms with Crippen molar-refractivity contribution in [3.8, 4) is 0 Å². The lowest BCUT2D eigenvalue weighted by Gasteiger charge is -2.30. The molecular weight excluding hydrogens is 118 g/mol. The van der Waals surface area contributed by atoms with E-state index in [0.717, 1.165) is 12.8 Å². The average Bonchev–Trinajstić information content (AvgIpc) is 1.60. The fourth-order valence-corrected chi connectivity index (χ4v) is 1.20. The quantitative estimate of drug-likeness (QED) is 0.559. The van der Waals surface area contributed by atoms with Gasteiger partial charge in [-0.1, -0.05) is 0 Å². The van der Waals surface area contributed by atoms with Crippen molar-refractivity contribution in [2.75, 3.05) is 0 Å². The van der Waals surface area contributed by atoms with Crippen molar-refractivity contribution in [1.29, 1.82) is 0 Å². The molecule has 1 rings (SSSR count). The summed E-state index contributed by atoms with van der Waals surface area (Å²) in [6, 6.07) is 0.273. The highest BCUT2D eigenvalue weighted by molar-refractivity contribution is 5.67. The predicted molar refractivity (Wildman–Crippen MR) is 33.0 cm³/mol. The fraction of sp³-hybridized carbons (Fsp3) is 0.833. The van der Waals surface area contributed by atoms with E-state index >= 15 is 0 Å². The molecule has 1 fully saturated rings. The van der Waals surface area contributed by atoms with Gasteiger partial charge in [0.15, 0.2) is 0 Å². The molecule has 52 valence electrons. The Morgan fingerprint density at radius 2 is 2.22 bits per heavy atom. The van der Waals surface area contributed by atoms with E-state index in [9.17, 15) is 4.79 Å². The number of aliphatic carboxylic acids is 1. The Hall–Kier alpha value is -0.570. The molecule has 1 saturated carbocycles. The van der Waals surface area contributed by atoms with Gasteiger partial charge in [-0.15, -0.1) is 0 Å². The molecule has 0 amide bonds. The lowest BCUT2D eigenvalue weighted by Crippen LogP contribution is -2.37. The van der Waals surface area contributed by atoms with Gasteiger partial charge in [-0.3, -0.25) is 4.79 Å². The third-order valence-electron chi connectivity index (χ3n) is 1.74. The topological polar surface area (TPSA) is 63.3 Å². The van der Waals surface area contributed by atoms with Gasteiger partial charge in [0.25, 0.3) is 0 Å². The van der Waals surface area contributed by atoms with E-state index in [1.807, 2.05) is 0 Å². The van der Waals surface area contributed by atoms with Crippen molar-refractivity contribution < 1.29 is 9.90 Å². The smallest absolute Gasteiger partial charge is 0.303 e. The Bertz CT molecular complexity index is 118. The first-order valence-electron chi connectivity index (χ1n) is 3.16. The zero-order chi connectivity index (χ0) is 6.85. The van der Waals surface area contributed by atoms with Crippen molar-refractivity contribution in [2.24, 2.45) is 11.7 Å². The van der Waals surface area contributed by atoms with Gasteiger partial charge < -0.3 is 10.8 Å². The minimum absolute atomic E-state index is 0.273. The van der Waals surface area contributed by atoms with Crippen LogP contribution < -0.4 is 5.73 Å². The summed E-state index contributed by atoms with van der Waals surface area (Å²) >= 11 is 0. The molecule has 0 aliphatic heterocycles. The van der Waals surface area contributed by atoms with Gasteiger partial charge in [-0.2, -0.15) is 0 Å². The Labute approximate surface area is 53.9 Å². The fourth-order valence-electron chi connectivity index (χ4n) is 1.20. The van der Waals surface area contributed by atoms with Crippen molar-refractivity contribution in [3.63, 3.8) is 0 Å². The number of hydrogen-bond acceptors (Lipinski definition) is 2. The maximum Gasteiger partial charge on any atom is 0.303 e. The molecule has 1 aliphatic carbocycles. The first-order chi connectivity index (χ1) is 4.18. The Kier molecular flexibility index (Phi) is 1.71. The molecule has 3 nitrogen and oxygen atoms in total. The summed E-state index contributed by atoms with van der Waals surface area (Å²) in [5.41, 5.74) is 5.45. The van der Waals surface area contributed by atoms with Crippen LogP contribution in [0.3, 0.4) is 0 Å². The predicted octanol–water partition coefficient (Wildman–Crippen LogP) is 0.198. The first-order valence-corrected chi connectivity index (χ1v) is 3.16. The zero-order valence-corrected chi connectivity index (χ0v) is 5.21. The van der Waals surface area contributed by atoms with E-state index < -0.39 is 5.97 Å². The van der Waals surface area contributed by atoms with E-state index in [2.05, 4.69) is 0 Å². The van der Waals surface area contributed by atoms with E-state index in [4.69, 9.17) is 10.8 Å². The van der Waals surface area contributed by atoms with Crippen LogP contribution in [0.2, 0.25) is 0 Å². The normalized spacial score (nSPS) is 33.4. The minimum Gasteiger partial charge on any atom is -0.481 e. The summed E-state index contributed by atoms with van der Waals surface area (Å²) < 4.78 is 0. The van der Waals surface area contributed by atoms with Crippen molar-refractivity contribution in [1.82, 2.24) is 0 Å². The van der Waals surface area contributed by atoms with Gasteiger partial charge in [0, 0.05) is 12.5 Å². The second-order valence-corrected chi connectivity index (χ2v) is 2.70. The third-order valence-corrected chi connectivity index (χ3v) is 1.74. The number of carboxylic acid groups (broad SMARTS) is 1. The highest BCUT2D eigenvalue weighted by atomic mass is 16.4. The van der Waals surface area contributed by atoms with Crippen LogP contribution in [0.25, 0.3) is 0 Å². The number of carbonyl (C=O) groups is 1. The number of hydrogen-bond donors (Lipinski definition) is 2. The van der Waals surface area contributed by atoms with Crippen LogP contribution in [-0.2, 0) is 4.79 Å². The molecule has 0 saturated heterocycles. The molecule has 0 bridgehead atoms. The van der Waals surface area contributed by atoms with E-state index in [1.165, 1.54) is 0 Å². The van der Waals surface area contributed by atoms with Crippen molar-refractivity contribution >= 4 is 5.97 Å². The minimum atomic E-state index is -0.702. The number of rotatable bonds is 2. The van der Waals surface area contributed by atoms with Crippen LogP contribution in [0.15, 0.2) is 0 Å². The summed E-state index contributed by atoms with van der Waals surface area (Å²) in [7, 11) is 0. The molecule has 3 N–H and O–H groups in total. The first kappa shape index (κ1) is 6.55. The lowest BCUT2D eigenvalue weighted by molar-refractivity contribution is -0.138. The van der Waals surface area contributed by atoms with Gasteiger partial charge in [-0.05, 0) is 18.8 Å². The maximum atomic E-state index is 10.1. The van der Waals surface area contributed by atoms with Crippen molar-refractivity contribution in [3.05, 3.63) is 0 Å². The van der Waals surface area contributed by atoms with Gasteiger partial charge in [0.05, 0.1) is 0 Å². The van der Waals surface area contributed by atoms with E-state index in [1.54, 1.807) is 0 Å². The number of carboxylic acids is 1. The van der Waals surface area contributed by atoms with Gasteiger partial charge >= 0.3 is 5.97 Å². The second-order valence-electron chi connectivity index (χ2n) is 2.70. The van der Waals surface area contributed by atoms with Gasteiger partial charge in [-0.25, -0.2) is 0 Å². The molecule has 1 aliphatic rings. The van der Waals surface area contributed by atoms with Crippen LogP contribution in [0.1, 0.15) is 19.3 Å². The zero-order valence-electron chi connectivity index (χ0n) is 5.21. The molecule has 0 aromatic carbocycles. The van der Waals surface area contributed by atoms with Gasteiger partial charge in [0.2, 0.25) is 0 Å². The van der Waals surface area contributed by atoms with Crippen LogP contribution in [0.5, 0.6) is 0 Å². The van der Waals surface area contributed by atoms with Crippen LogP contribution in [0.4, 0.5) is 0 Å². The molecule has 9 heavy (non-hydrogen) atoms. The molecule has 0 unspecified atom stereocenters.